The van der Waals surface area contributed by atoms with Crippen molar-refractivity contribution in [3.05, 3.63) is 35.4 Å². The van der Waals surface area contributed by atoms with Crippen LogP contribution in [0.4, 0.5) is 0 Å². The van der Waals surface area contributed by atoms with Gasteiger partial charge in [-0.3, -0.25) is 9.11 Å². The molecule has 0 saturated heterocycles. The zero-order valence-corrected chi connectivity index (χ0v) is 13.0. The van der Waals surface area contributed by atoms with Crippen LogP contribution >= 0.6 is 0 Å². The molecule has 0 unspecified atom stereocenters. The largest absolute Gasteiger partial charge is 0.478 e. The molecule has 0 radical (unpaired) electrons. The summed E-state index contributed by atoms with van der Waals surface area (Å²) in [6.45, 7) is 0. The number of rotatable bonds is 4. The number of carboxylic acid groups (broad SMARTS) is 2. The molecule has 0 spiro atoms. The second kappa shape index (κ2) is 5.52. The van der Waals surface area contributed by atoms with Crippen molar-refractivity contribution < 1.29 is 45.7 Å². The van der Waals surface area contributed by atoms with E-state index in [4.69, 9.17) is 14.8 Å². The maximum Gasteiger partial charge on any atom is 0.336 e. The van der Waals surface area contributed by atoms with Crippen LogP contribution in [-0.4, -0.2) is 48.1 Å². The summed E-state index contributed by atoms with van der Waals surface area (Å²) in [7, 11) is -9.88. The molecule has 0 aliphatic heterocycles. The lowest BCUT2D eigenvalue weighted by molar-refractivity contribution is 0.0652. The van der Waals surface area contributed by atoms with Crippen molar-refractivity contribution in [2.75, 3.05) is 0 Å². The number of hydrogen-bond acceptors (Lipinski definition) is 6. The van der Waals surface area contributed by atoms with Crippen molar-refractivity contribution in [1.82, 2.24) is 0 Å². The molecule has 24 heavy (non-hydrogen) atoms. The number of hydrogen-bond donors (Lipinski definition) is 4. The van der Waals surface area contributed by atoms with Crippen molar-refractivity contribution in [1.29, 1.82) is 0 Å². The zero-order chi connectivity index (χ0) is 18.4. The summed E-state index contributed by atoms with van der Waals surface area (Å²) in [4.78, 5) is 20.4. The monoisotopic (exact) mass is 376 g/mol. The highest BCUT2D eigenvalue weighted by Crippen LogP contribution is 2.30. The van der Waals surface area contributed by atoms with E-state index in [1.165, 1.54) is 0 Å². The van der Waals surface area contributed by atoms with Crippen LogP contribution in [0.5, 0.6) is 0 Å². The average molecular weight is 376 g/mol. The molecule has 12 heteroatoms. The Bertz CT molecular complexity index is 1100. The van der Waals surface area contributed by atoms with Gasteiger partial charge in [-0.2, -0.15) is 16.8 Å². The minimum Gasteiger partial charge on any atom is -0.478 e. The molecule has 0 bridgehead atoms. The minimum absolute atomic E-state index is 0.319. The van der Waals surface area contributed by atoms with Gasteiger partial charge < -0.3 is 10.2 Å². The summed E-state index contributed by atoms with van der Waals surface area (Å²) in [6, 6.07) is 2.58. The predicted molar refractivity (Wildman–Crippen MR) is 77.5 cm³/mol. The van der Waals surface area contributed by atoms with Crippen LogP contribution in [-0.2, 0) is 20.2 Å². The smallest absolute Gasteiger partial charge is 0.336 e. The molecule has 0 aliphatic carbocycles. The van der Waals surface area contributed by atoms with Crippen molar-refractivity contribution in [3.8, 4) is 0 Å². The zero-order valence-electron chi connectivity index (χ0n) is 11.4. The van der Waals surface area contributed by atoms with Crippen LogP contribution in [0.1, 0.15) is 20.7 Å². The lowest BCUT2D eigenvalue weighted by Gasteiger charge is -2.10. The number of carbonyl (C=O) groups is 2. The molecule has 0 aromatic heterocycles. The first-order valence-corrected chi connectivity index (χ1v) is 8.74. The molecule has 10 nitrogen and oxygen atoms in total. The lowest BCUT2D eigenvalue weighted by atomic mass is 10.0. The lowest BCUT2D eigenvalue weighted by Crippen LogP contribution is -2.10. The second-order valence-electron chi connectivity index (χ2n) is 4.60. The van der Waals surface area contributed by atoms with E-state index in [2.05, 4.69) is 0 Å². The van der Waals surface area contributed by atoms with E-state index in [1.807, 2.05) is 0 Å². The maximum absolute atomic E-state index is 11.4. The van der Waals surface area contributed by atoms with Gasteiger partial charge in [0, 0.05) is 5.39 Å². The standard InChI is InChI=1S/C12H8O10S2/c13-11(14)8-2-5-1-6(23(17,18)19)3-10(24(20,21)22)7(5)4-9(8)12(15)16/h1-4H,(H,13,14)(H,15,16)(H,17,18,19)(H,20,21,22). The first-order chi connectivity index (χ1) is 10.8. The van der Waals surface area contributed by atoms with Crippen molar-refractivity contribution in [2.24, 2.45) is 0 Å². The van der Waals surface area contributed by atoms with E-state index < -0.39 is 58.5 Å². The highest BCUT2D eigenvalue weighted by Gasteiger charge is 2.24. The summed E-state index contributed by atoms with van der Waals surface area (Å²) in [5.41, 5.74) is -1.50. The topological polar surface area (TPSA) is 183 Å². The number of aromatic carboxylic acids is 2. The van der Waals surface area contributed by atoms with Gasteiger partial charge in [-0.15, -0.1) is 0 Å². The molecule has 0 fully saturated rings. The highest BCUT2D eigenvalue weighted by atomic mass is 32.2. The first-order valence-electron chi connectivity index (χ1n) is 5.85. The Morgan fingerprint density at radius 3 is 1.67 bits per heavy atom. The van der Waals surface area contributed by atoms with E-state index in [-0.39, 0.29) is 5.39 Å². The van der Waals surface area contributed by atoms with Gasteiger partial charge in [0.25, 0.3) is 20.2 Å². The predicted octanol–water partition coefficient (Wildman–Crippen LogP) is 0.730. The third-order valence-electron chi connectivity index (χ3n) is 3.06. The Hall–Kier alpha value is -2.54. The van der Waals surface area contributed by atoms with Gasteiger partial charge in [0.15, 0.2) is 0 Å². The van der Waals surface area contributed by atoms with Crippen LogP contribution in [0.3, 0.4) is 0 Å². The maximum atomic E-state index is 11.4. The fourth-order valence-corrected chi connectivity index (χ4v) is 3.42. The van der Waals surface area contributed by atoms with E-state index in [1.54, 1.807) is 0 Å². The highest BCUT2D eigenvalue weighted by molar-refractivity contribution is 7.86. The fraction of sp³-hybridized carbons (Fsp3) is 0. The first kappa shape index (κ1) is 17.8. The van der Waals surface area contributed by atoms with E-state index in [9.17, 15) is 31.0 Å². The molecule has 2 aromatic carbocycles. The molecular weight excluding hydrogens is 368 g/mol. The minimum atomic E-state index is -5.00. The average Bonchev–Trinajstić information content (AvgIpc) is 2.42. The molecule has 128 valence electrons. The molecule has 4 N–H and O–H groups in total. The fourth-order valence-electron chi connectivity index (χ4n) is 2.07. The van der Waals surface area contributed by atoms with E-state index in [0.29, 0.717) is 12.1 Å². The SMILES string of the molecule is O=C(O)c1cc2cc(S(=O)(=O)O)cc(S(=O)(=O)O)c2cc1C(=O)O. The van der Waals surface area contributed by atoms with Crippen molar-refractivity contribution in [2.45, 2.75) is 9.79 Å². The molecular formula is C12H8O10S2. The number of carboxylic acids is 2. The van der Waals surface area contributed by atoms with Gasteiger partial charge in [0.1, 0.15) is 4.90 Å². The molecule has 0 heterocycles. The van der Waals surface area contributed by atoms with Crippen LogP contribution in [0, 0.1) is 0 Å². The Labute approximate surface area is 134 Å². The van der Waals surface area contributed by atoms with E-state index >= 15 is 0 Å². The molecule has 0 aliphatic rings. The Kier molecular flexibility index (Phi) is 4.10. The summed E-state index contributed by atoms with van der Waals surface area (Å²) in [6.07, 6.45) is 0. The second-order valence-corrected chi connectivity index (χ2v) is 7.41. The summed E-state index contributed by atoms with van der Waals surface area (Å²) >= 11 is 0. The molecule has 0 atom stereocenters. The van der Waals surface area contributed by atoms with E-state index in [0.717, 1.165) is 12.1 Å². The molecule has 0 saturated carbocycles. The van der Waals surface area contributed by atoms with Gasteiger partial charge >= 0.3 is 11.9 Å². The summed E-state index contributed by atoms with van der Waals surface area (Å²) < 4.78 is 63.6. The van der Waals surface area contributed by atoms with Gasteiger partial charge in [-0.1, -0.05) is 0 Å². The van der Waals surface area contributed by atoms with Gasteiger partial charge in [-0.25, -0.2) is 9.59 Å². The van der Waals surface area contributed by atoms with Crippen molar-refractivity contribution in [3.63, 3.8) is 0 Å². The molecule has 2 rings (SSSR count). The summed E-state index contributed by atoms with van der Waals surface area (Å²) in [5, 5.41) is 17.3. The third kappa shape index (κ3) is 3.21. The van der Waals surface area contributed by atoms with Crippen LogP contribution in [0.2, 0.25) is 0 Å². The van der Waals surface area contributed by atoms with Gasteiger partial charge in [0.2, 0.25) is 0 Å². The molecule has 0 amide bonds. The number of fused-ring (bicyclic) bond motifs is 1. The van der Waals surface area contributed by atoms with Crippen LogP contribution in [0.25, 0.3) is 10.8 Å². The Balaban J connectivity index is 3.11. The summed E-state index contributed by atoms with van der Waals surface area (Å²) in [5.74, 6) is -3.32. The van der Waals surface area contributed by atoms with Crippen LogP contribution in [0.15, 0.2) is 34.1 Å². The van der Waals surface area contributed by atoms with Gasteiger partial charge in [-0.05, 0) is 29.7 Å². The van der Waals surface area contributed by atoms with Crippen molar-refractivity contribution >= 4 is 42.9 Å². The normalized spacial score (nSPS) is 12.2. The number of benzene rings is 2. The Morgan fingerprint density at radius 2 is 1.25 bits per heavy atom. The quantitative estimate of drug-likeness (QED) is 0.555. The Morgan fingerprint density at radius 1 is 0.750 bits per heavy atom. The molecule has 2 aromatic rings. The van der Waals surface area contributed by atoms with Gasteiger partial charge in [0.05, 0.1) is 16.0 Å². The van der Waals surface area contributed by atoms with Crippen LogP contribution < -0.4 is 0 Å². The third-order valence-corrected chi connectivity index (χ3v) is 4.79.